The first-order valence-electron chi connectivity index (χ1n) is 6.47. The molecule has 2 aliphatic rings. The summed E-state index contributed by atoms with van der Waals surface area (Å²) in [7, 11) is 0. The number of hydrogen-bond acceptors (Lipinski definition) is 1. The lowest BCUT2D eigenvalue weighted by atomic mass is 9.84. The lowest BCUT2D eigenvalue weighted by molar-refractivity contribution is 0.502. The molecule has 16 heavy (non-hydrogen) atoms. The van der Waals surface area contributed by atoms with Crippen LogP contribution in [-0.4, -0.2) is 5.54 Å². The van der Waals surface area contributed by atoms with Gasteiger partial charge >= 0.3 is 0 Å². The molecular formula is C15H21N. The van der Waals surface area contributed by atoms with Gasteiger partial charge in [0.05, 0.1) is 0 Å². The van der Waals surface area contributed by atoms with Gasteiger partial charge in [0.2, 0.25) is 0 Å². The minimum atomic E-state index is 0.141. The first-order valence-corrected chi connectivity index (χ1v) is 6.47. The van der Waals surface area contributed by atoms with Gasteiger partial charge in [-0.15, -0.1) is 0 Å². The zero-order valence-corrected chi connectivity index (χ0v) is 10.3. The second-order valence-electron chi connectivity index (χ2n) is 6.02. The molecular weight excluding hydrogens is 194 g/mol. The zero-order chi connectivity index (χ0) is 11.4. The molecule has 3 rings (SSSR count). The van der Waals surface area contributed by atoms with Gasteiger partial charge in [0, 0.05) is 11.0 Å². The maximum Gasteiger partial charge on any atom is 0.0253 e. The maximum absolute atomic E-state index is 6.45. The SMILES string of the molecule is CC(C)c1cccc(C2(C3(N)CC3)CC2)c1. The Hall–Kier alpha value is -0.820. The summed E-state index contributed by atoms with van der Waals surface area (Å²) in [6, 6.07) is 9.12. The maximum atomic E-state index is 6.45. The lowest BCUT2D eigenvalue weighted by Crippen LogP contribution is -2.37. The second-order valence-corrected chi connectivity index (χ2v) is 6.02. The third-order valence-corrected chi connectivity index (χ3v) is 4.60. The van der Waals surface area contributed by atoms with Crippen LogP contribution in [0.5, 0.6) is 0 Å². The van der Waals surface area contributed by atoms with E-state index in [0.29, 0.717) is 11.3 Å². The Kier molecular flexibility index (Phi) is 2.00. The Balaban J connectivity index is 1.98. The van der Waals surface area contributed by atoms with E-state index in [4.69, 9.17) is 5.73 Å². The van der Waals surface area contributed by atoms with Crippen LogP contribution in [0.4, 0.5) is 0 Å². The van der Waals surface area contributed by atoms with E-state index < -0.39 is 0 Å². The van der Waals surface area contributed by atoms with Crippen LogP contribution in [0.3, 0.4) is 0 Å². The van der Waals surface area contributed by atoms with Crippen molar-refractivity contribution in [2.45, 2.75) is 56.4 Å². The van der Waals surface area contributed by atoms with Crippen LogP contribution in [0.15, 0.2) is 24.3 Å². The van der Waals surface area contributed by atoms with Crippen LogP contribution >= 0.6 is 0 Å². The molecule has 0 radical (unpaired) electrons. The predicted octanol–water partition coefficient (Wildman–Crippen LogP) is 3.33. The second kappa shape index (κ2) is 3.10. The molecule has 0 heterocycles. The van der Waals surface area contributed by atoms with Gasteiger partial charge in [0.1, 0.15) is 0 Å². The monoisotopic (exact) mass is 215 g/mol. The van der Waals surface area contributed by atoms with Gasteiger partial charge in [-0.2, -0.15) is 0 Å². The number of hydrogen-bond donors (Lipinski definition) is 1. The predicted molar refractivity (Wildman–Crippen MR) is 67.6 cm³/mol. The topological polar surface area (TPSA) is 26.0 Å². The minimum absolute atomic E-state index is 0.141. The summed E-state index contributed by atoms with van der Waals surface area (Å²) < 4.78 is 0. The molecule has 0 bridgehead atoms. The molecule has 0 amide bonds. The van der Waals surface area contributed by atoms with Crippen molar-refractivity contribution in [3.05, 3.63) is 35.4 Å². The third kappa shape index (κ3) is 1.34. The Bertz CT molecular complexity index is 411. The van der Waals surface area contributed by atoms with Crippen LogP contribution in [0.2, 0.25) is 0 Å². The number of rotatable bonds is 3. The fraction of sp³-hybridized carbons (Fsp3) is 0.600. The molecule has 0 spiro atoms. The van der Waals surface area contributed by atoms with Crippen molar-refractivity contribution < 1.29 is 0 Å². The van der Waals surface area contributed by atoms with Gasteiger partial charge in [-0.1, -0.05) is 38.1 Å². The summed E-state index contributed by atoms with van der Waals surface area (Å²) in [6.45, 7) is 4.52. The van der Waals surface area contributed by atoms with E-state index in [1.54, 1.807) is 0 Å². The Morgan fingerprint density at radius 2 is 1.81 bits per heavy atom. The van der Waals surface area contributed by atoms with Crippen LogP contribution in [0.25, 0.3) is 0 Å². The molecule has 0 unspecified atom stereocenters. The molecule has 1 nitrogen and oxygen atoms in total. The third-order valence-electron chi connectivity index (χ3n) is 4.60. The summed E-state index contributed by atoms with van der Waals surface area (Å²) in [4.78, 5) is 0. The summed E-state index contributed by atoms with van der Waals surface area (Å²) in [5.74, 6) is 0.615. The van der Waals surface area contributed by atoms with E-state index >= 15 is 0 Å². The molecule has 2 aliphatic carbocycles. The van der Waals surface area contributed by atoms with Gasteiger partial charge in [-0.3, -0.25) is 0 Å². The lowest BCUT2D eigenvalue weighted by Gasteiger charge is -2.24. The van der Waals surface area contributed by atoms with Gasteiger partial charge < -0.3 is 5.73 Å². The Labute approximate surface area is 98.0 Å². The van der Waals surface area contributed by atoms with Crippen molar-refractivity contribution in [3.63, 3.8) is 0 Å². The van der Waals surface area contributed by atoms with Crippen LogP contribution in [-0.2, 0) is 5.41 Å². The van der Waals surface area contributed by atoms with Gasteiger partial charge in [0.15, 0.2) is 0 Å². The fourth-order valence-corrected chi connectivity index (χ4v) is 3.01. The van der Waals surface area contributed by atoms with Gasteiger partial charge in [-0.25, -0.2) is 0 Å². The summed E-state index contributed by atoms with van der Waals surface area (Å²) in [5.41, 5.74) is 9.88. The molecule has 1 aromatic carbocycles. The van der Waals surface area contributed by atoms with Crippen LogP contribution in [0, 0.1) is 0 Å². The normalized spacial score (nSPS) is 24.5. The smallest absolute Gasteiger partial charge is 0.0253 e. The number of benzene rings is 1. The van der Waals surface area contributed by atoms with E-state index in [1.807, 2.05) is 0 Å². The minimum Gasteiger partial charge on any atom is -0.324 e. The molecule has 0 atom stereocenters. The Morgan fingerprint density at radius 3 is 2.31 bits per heavy atom. The highest BCUT2D eigenvalue weighted by Gasteiger charge is 2.63. The average molecular weight is 215 g/mol. The summed E-state index contributed by atoms with van der Waals surface area (Å²) >= 11 is 0. The molecule has 86 valence electrons. The van der Waals surface area contributed by atoms with E-state index in [2.05, 4.69) is 38.1 Å². The average Bonchev–Trinajstić information content (AvgIpc) is 3.13. The van der Waals surface area contributed by atoms with Crippen molar-refractivity contribution in [1.29, 1.82) is 0 Å². The first-order chi connectivity index (χ1) is 7.57. The summed E-state index contributed by atoms with van der Waals surface area (Å²) in [6.07, 6.45) is 5.04. The van der Waals surface area contributed by atoms with Crippen molar-refractivity contribution >= 4 is 0 Å². The van der Waals surface area contributed by atoms with Crippen LogP contribution in [0.1, 0.15) is 56.6 Å². The highest BCUT2D eigenvalue weighted by atomic mass is 14.9. The standard InChI is InChI=1S/C15H21N/c1-11(2)12-4-3-5-13(10-12)14(6-7-14)15(16)8-9-15/h3-5,10-11H,6-9,16H2,1-2H3. The molecule has 1 heteroatoms. The molecule has 1 aromatic rings. The molecule has 2 fully saturated rings. The molecule has 0 saturated heterocycles. The largest absolute Gasteiger partial charge is 0.324 e. The zero-order valence-electron chi connectivity index (χ0n) is 10.3. The molecule has 0 aromatic heterocycles. The fourth-order valence-electron chi connectivity index (χ4n) is 3.01. The molecule has 2 N–H and O–H groups in total. The van der Waals surface area contributed by atoms with Crippen molar-refractivity contribution in [1.82, 2.24) is 0 Å². The van der Waals surface area contributed by atoms with E-state index in [-0.39, 0.29) is 5.54 Å². The molecule has 0 aliphatic heterocycles. The molecule has 2 saturated carbocycles. The van der Waals surface area contributed by atoms with Crippen molar-refractivity contribution in [3.8, 4) is 0 Å². The summed E-state index contributed by atoms with van der Waals surface area (Å²) in [5, 5.41) is 0. The first kappa shape index (κ1) is 10.3. The van der Waals surface area contributed by atoms with Gasteiger partial charge in [-0.05, 0) is 42.7 Å². The van der Waals surface area contributed by atoms with Crippen molar-refractivity contribution in [2.24, 2.45) is 5.73 Å². The van der Waals surface area contributed by atoms with E-state index in [1.165, 1.54) is 36.8 Å². The van der Waals surface area contributed by atoms with E-state index in [9.17, 15) is 0 Å². The highest BCUT2D eigenvalue weighted by Crippen LogP contribution is 2.63. The Morgan fingerprint density at radius 1 is 1.12 bits per heavy atom. The van der Waals surface area contributed by atoms with E-state index in [0.717, 1.165) is 0 Å². The highest BCUT2D eigenvalue weighted by molar-refractivity contribution is 5.42. The van der Waals surface area contributed by atoms with Gasteiger partial charge in [0.25, 0.3) is 0 Å². The van der Waals surface area contributed by atoms with Crippen molar-refractivity contribution in [2.75, 3.05) is 0 Å². The quantitative estimate of drug-likeness (QED) is 0.822. The number of nitrogens with two attached hydrogens (primary N) is 1. The van der Waals surface area contributed by atoms with Crippen LogP contribution < -0.4 is 5.73 Å².